The molecular formula is C23H23FN6O. The van der Waals surface area contributed by atoms with E-state index < -0.39 is 5.91 Å². The Bertz CT molecular complexity index is 1280. The molecule has 31 heavy (non-hydrogen) atoms. The number of nitrogens with one attached hydrogen (secondary N) is 1. The molecule has 1 amide bonds. The highest BCUT2D eigenvalue weighted by atomic mass is 19.1. The second-order valence-corrected chi connectivity index (χ2v) is 7.64. The van der Waals surface area contributed by atoms with Crippen LogP contribution in [0.2, 0.25) is 0 Å². The van der Waals surface area contributed by atoms with Crippen molar-refractivity contribution in [3.8, 4) is 5.95 Å². The van der Waals surface area contributed by atoms with Gasteiger partial charge in [0.25, 0.3) is 5.91 Å². The molecule has 2 aromatic heterocycles. The van der Waals surface area contributed by atoms with Gasteiger partial charge in [0, 0.05) is 18.3 Å². The second kappa shape index (κ2) is 8.14. The van der Waals surface area contributed by atoms with Gasteiger partial charge in [-0.05, 0) is 42.7 Å². The van der Waals surface area contributed by atoms with Crippen LogP contribution in [-0.4, -0.2) is 25.4 Å². The Kier molecular flexibility index (Phi) is 5.37. The largest absolute Gasteiger partial charge is 0.366 e. The molecule has 8 heteroatoms. The van der Waals surface area contributed by atoms with Gasteiger partial charge in [-0.25, -0.2) is 14.4 Å². The van der Waals surface area contributed by atoms with Crippen LogP contribution in [0, 0.1) is 12.7 Å². The highest BCUT2D eigenvalue weighted by Crippen LogP contribution is 2.26. The number of primary amides is 1. The minimum absolute atomic E-state index is 0.186. The zero-order valence-corrected chi connectivity index (χ0v) is 17.6. The molecule has 2 heterocycles. The molecule has 2 aromatic carbocycles. The van der Waals surface area contributed by atoms with Crippen molar-refractivity contribution in [2.75, 3.05) is 5.32 Å². The van der Waals surface area contributed by atoms with Crippen LogP contribution in [0.4, 0.5) is 10.2 Å². The Morgan fingerprint density at radius 1 is 1.19 bits per heavy atom. The summed E-state index contributed by atoms with van der Waals surface area (Å²) in [5, 5.41) is 3.31. The third-order valence-corrected chi connectivity index (χ3v) is 5.09. The monoisotopic (exact) mass is 418 g/mol. The van der Waals surface area contributed by atoms with Gasteiger partial charge < -0.3 is 11.1 Å². The van der Waals surface area contributed by atoms with E-state index in [1.165, 1.54) is 12.1 Å². The molecule has 0 aliphatic carbocycles. The number of carbonyl (C=O) groups excluding carboxylic acids is 1. The van der Waals surface area contributed by atoms with Crippen LogP contribution in [0.25, 0.3) is 17.0 Å². The van der Waals surface area contributed by atoms with Crippen LogP contribution in [-0.2, 0) is 6.54 Å². The van der Waals surface area contributed by atoms with Gasteiger partial charge in [-0.15, -0.1) is 0 Å². The fourth-order valence-corrected chi connectivity index (χ4v) is 3.55. The third-order valence-electron chi connectivity index (χ3n) is 5.09. The summed E-state index contributed by atoms with van der Waals surface area (Å²) in [7, 11) is 0. The summed E-state index contributed by atoms with van der Waals surface area (Å²) in [6, 6.07) is 11.7. The summed E-state index contributed by atoms with van der Waals surface area (Å²) >= 11 is 0. The van der Waals surface area contributed by atoms with Gasteiger partial charge >= 0.3 is 0 Å². The number of nitrogens with zero attached hydrogens (tertiary/aromatic N) is 4. The SMILES string of the molecule is Cc1nc2c(C(N)=O)cccc2n1-c1ncc(C(C)C)c(NCc2cccc(F)c2)n1. The highest BCUT2D eigenvalue weighted by Gasteiger charge is 2.18. The number of halogens is 1. The van der Waals surface area contributed by atoms with E-state index in [1.54, 1.807) is 29.0 Å². The van der Waals surface area contributed by atoms with Crippen molar-refractivity contribution in [3.63, 3.8) is 0 Å². The fraction of sp³-hybridized carbons (Fsp3) is 0.217. The van der Waals surface area contributed by atoms with Crippen LogP contribution >= 0.6 is 0 Å². The van der Waals surface area contributed by atoms with E-state index >= 15 is 0 Å². The minimum atomic E-state index is -0.538. The lowest BCUT2D eigenvalue weighted by Gasteiger charge is -2.15. The van der Waals surface area contributed by atoms with E-state index in [0.29, 0.717) is 40.7 Å². The Morgan fingerprint density at radius 2 is 1.97 bits per heavy atom. The van der Waals surface area contributed by atoms with Crippen molar-refractivity contribution in [1.29, 1.82) is 0 Å². The molecule has 3 N–H and O–H groups in total. The first-order valence-electron chi connectivity index (χ1n) is 9.98. The number of aromatic nitrogens is 4. The third kappa shape index (κ3) is 3.96. The minimum Gasteiger partial charge on any atom is -0.366 e. The molecule has 0 spiro atoms. The molecule has 0 fully saturated rings. The topological polar surface area (TPSA) is 98.7 Å². The van der Waals surface area contributed by atoms with Crippen LogP contribution in [0.15, 0.2) is 48.7 Å². The first-order valence-corrected chi connectivity index (χ1v) is 9.98. The number of hydrogen-bond donors (Lipinski definition) is 2. The van der Waals surface area contributed by atoms with Crippen molar-refractivity contribution >= 4 is 22.8 Å². The van der Waals surface area contributed by atoms with Crippen LogP contribution in [0.5, 0.6) is 0 Å². The standard InChI is InChI=1S/C23H23FN6O/c1-13(2)18-12-27-23(29-22(18)26-11-15-6-4-7-16(24)10-15)30-14(3)28-20-17(21(25)31)8-5-9-19(20)30/h4-10,12-13H,11H2,1-3H3,(H2,25,31)(H,26,27,29). The molecule has 0 aliphatic heterocycles. The molecule has 4 rings (SSSR count). The normalized spacial score (nSPS) is 11.3. The Labute approximate surface area is 179 Å². The lowest BCUT2D eigenvalue weighted by molar-refractivity contribution is 0.100. The predicted octanol–water partition coefficient (Wildman–Crippen LogP) is 4.10. The number of nitrogens with two attached hydrogens (primary N) is 1. The van der Waals surface area contributed by atoms with Gasteiger partial charge in [-0.2, -0.15) is 4.98 Å². The summed E-state index contributed by atoms with van der Waals surface area (Å²) < 4.78 is 15.3. The van der Waals surface area contributed by atoms with Crippen molar-refractivity contribution in [2.45, 2.75) is 33.2 Å². The van der Waals surface area contributed by atoms with E-state index in [9.17, 15) is 9.18 Å². The maximum Gasteiger partial charge on any atom is 0.250 e. The molecular weight excluding hydrogens is 395 g/mol. The number of aryl methyl sites for hydroxylation is 1. The van der Waals surface area contributed by atoms with E-state index in [0.717, 1.165) is 11.1 Å². The average molecular weight is 418 g/mol. The Balaban J connectivity index is 1.78. The lowest BCUT2D eigenvalue weighted by Crippen LogP contribution is -2.12. The van der Waals surface area contributed by atoms with Gasteiger partial charge in [0.15, 0.2) is 0 Å². The number of para-hydroxylation sites is 1. The number of fused-ring (bicyclic) bond motifs is 1. The Hall–Kier alpha value is -3.81. The van der Waals surface area contributed by atoms with Crippen molar-refractivity contribution in [2.24, 2.45) is 5.73 Å². The molecule has 0 radical (unpaired) electrons. The number of benzene rings is 2. The number of hydrogen-bond acceptors (Lipinski definition) is 5. The van der Waals surface area contributed by atoms with Crippen LogP contribution < -0.4 is 11.1 Å². The van der Waals surface area contributed by atoms with Gasteiger partial charge in [0.2, 0.25) is 5.95 Å². The fourth-order valence-electron chi connectivity index (χ4n) is 3.55. The van der Waals surface area contributed by atoms with Gasteiger partial charge in [-0.3, -0.25) is 9.36 Å². The summed E-state index contributed by atoms with van der Waals surface area (Å²) in [5.74, 6) is 1.09. The molecule has 0 aliphatic rings. The predicted molar refractivity (Wildman–Crippen MR) is 118 cm³/mol. The molecule has 0 saturated heterocycles. The first-order chi connectivity index (χ1) is 14.8. The van der Waals surface area contributed by atoms with Crippen molar-refractivity contribution in [3.05, 3.63) is 77.0 Å². The maximum atomic E-state index is 13.5. The van der Waals surface area contributed by atoms with E-state index in [4.69, 9.17) is 10.7 Å². The first kappa shape index (κ1) is 20.5. The van der Waals surface area contributed by atoms with Crippen LogP contribution in [0.3, 0.4) is 0 Å². The van der Waals surface area contributed by atoms with Crippen LogP contribution in [0.1, 0.15) is 47.1 Å². The average Bonchev–Trinajstić information content (AvgIpc) is 3.07. The summed E-state index contributed by atoms with van der Waals surface area (Å²) in [4.78, 5) is 25.6. The number of carbonyl (C=O) groups is 1. The molecule has 4 aromatic rings. The summed E-state index contributed by atoms with van der Waals surface area (Å²) in [5.41, 5.74) is 8.82. The van der Waals surface area contributed by atoms with Gasteiger partial charge in [0.1, 0.15) is 23.0 Å². The quantitative estimate of drug-likeness (QED) is 0.491. The molecule has 158 valence electrons. The molecule has 0 atom stereocenters. The number of amides is 1. The van der Waals surface area contributed by atoms with E-state index in [2.05, 4.69) is 29.1 Å². The number of imidazole rings is 1. The van der Waals surface area contributed by atoms with Crippen molar-refractivity contribution in [1.82, 2.24) is 19.5 Å². The molecule has 0 bridgehead atoms. The molecule has 0 unspecified atom stereocenters. The lowest BCUT2D eigenvalue weighted by atomic mass is 10.1. The number of anilines is 1. The highest BCUT2D eigenvalue weighted by molar-refractivity contribution is 6.04. The summed E-state index contributed by atoms with van der Waals surface area (Å²) in [6.45, 7) is 6.36. The zero-order valence-electron chi connectivity index (χ0n) is 17.6. The number of rotatable bonds is 6. The van der Waals surface area contributed by atoms with Gasteiger partial charge in [0.05, 0.1) is 11.1 Å². The van der Waals surface area contributed by atoms with E-state index in [-0.39, 0.29) is 11.7 Å². The maximum absolute atomic E-state index is 13.5. The zero-order chi connectivity index (χ0) is 22.1. The van der Waals surface area contributed by atoms with Gasteiger partial charge in [-0.1, -0.05) is 32.0 Å². The Morgan fingerprint density at radius 3 is 2.68 bits per heavy atom. The molecule has 7 nitrogen and oxygen atoms in total. The second-order valence-electron chi connectivity index (χ2n) is 7.64. The van der Waals surface area contributed by atoms with E-state index in [1.807, 2.05) is 19.1 Å². The summed E-state index contributed by atoms with van der Waals surface area (Å²) in [6.07, 6.45) is 1.78. The molecule has 0 saturated carbocycles. The smallest absolute Gasteiger partial charge is 0.250 e. The van der Waals surface area contributed by atoms with Crippen molar-refractivity contribution < 1.29 is 9.18 Å².